The molecule has 0 aliphatic carbocycles. The maximum Gasteiger partial charge on any atom is 0.116 e. The summed E-state index contributed by atoms with van der Waals surface area (Å²) in [6.07, 6.45) is 1.62. The van der Waals surface area contributed by atoms with E-state index in [1.165, 1.54) is 11.1 Å². The zero-order valence-corrected chi connectivity index (χ0v) is 9.80. The number of halogens is 1. The molecule has 0 spiro atoms. The van der Waals surface area contributed by atoms with Crippen LogP contribution in [0.25, 0.3) is 10.9 Å². The third kappa shape index (κ3) is 1.52. The normalized spacial score (nSPS) is 10.8. The second-order valence-electron chi connectivity index (χ2n) is 3.41. The van der Waals surface area contributed by atoms with Crippen LogP contribution >= 0.6 is 15.9 Å². The molecule has 3 heteroatoms. The fourth-order valence-electron chi connectivity index (χ4n) is 1.48. The molecular formula is C11H11BrN2. The molecule has 0 amide bonds. The number of aromatic nitrogens is 2. The summed E-state index contributed by atoms with van der Waals surface area (Å²) in [7, 11) is 0. The van der Waals surface area contributed by atoms with Crippen LogP contribution in [0.5, 0.6) is 0 Å². The highest BCUT2D eigenvalue weighted by Gasteiger charge is 2.03. The highest BCUT2D eigenvalue weighted by Crippen LogP contribution is 2.20. The van der Waals surface area contributed by atoms with E-state index in [4.69, 9.17) is 0 Å². The van der Waals surface area contributed by atoms with Gasteiger partial charge in [-0.2, -0.15) is 0 Å². The number of alkyl halides is 1. The number of hydrogen-bond donors (Lipinski definition) is 0. The lowest BCUT2D eigenvalue weighted by Gasteiger charge is -2.05. The van der Waals surface area contributed by atoms with Crippen LogP contribution in [-0.4, -0.2) is 9.97 Å². The van der Waals surface area contributed by atoms with Gasteiger partial charge in [0.25, 0.3) is 0 Å². The molecule has 0 fully saturated rings. The van der Waals surface area contributed by atoms with Crippen LogP contribution in [0.4, 0.5) is 0 Å². The molecule has 0 radical (unpaired) electrons. The van der Waals surface area contributed by atoms with Crippen molar-refractivity contribution in [2.45, 2.75) is 19.2 Å². The van der Waals surface area contributed by atoms with Crippen molar-refractivity contribution in [2.24, 2.45) is 0 Å². The summed E-state index contributed by atoms with van der Waals surface area (Å²) in [5.41, 5.74) is 4.64. The molecule has 0 aliphatic heterocycles. The van der Waals surface area contributed by atoms with Crippen molar-refractivity contribution in [3.05, 3.63) is 35.3 Å². The van der Waals surface area contributed by atoms with Gasteiger partial charge in [-0.05, 0) is 37.1 Å². The zero-order chi connectivity index (χ0) is 10.1. The van der Waals surface area contributed by atoms with Crippen molar-refractivity contribution in [1.29, 1.82) is 0 Å². The van der Waals surface area contributed by atoms with E-state index in [1.54, 1.807) is 6.33 Å². The fourth-order valence-corrected chi connectivity index (χ4v) is 1.92. The van der Waals surface area contributed by atoms with Crippen LogP contribution in [0.15, 0.2) is 18.5 Å². The lowest BCUT2D eigenvalue weighted by atomic mass is 10.1. The maximum atomic E-state index is 4.26. The van der Waals surface area contributed by atoms with Crippen molar-refractivity contribution in [1.82, 2.24) is 9.97 Å². The van der Waals surface area contributed by atoms with E-state index in [2.05, 4.69) is 51.9 Å². The Morgan fingerprint density at radius 3 is 2.57 bits per heavy atom. The topological polar surface area (TPSA) is 25.8 Å². The van der Waals surface area contributed by atoms with Crippen molar-refractivity contribution in [2.75, 3.05) is 0 Å². The van der Waals surface area contributed by atoms with Gasteiger partial charge in [-0.3, -0.25) is 0 Å². The third-order valence-electron chi connectivity index (χ3n) is 2.46. The number of fused-ring (bicyclic) bond motifs is 1. The van der Waals surface area contributed by atoms with Crippen LogP contribution in [-0.2, 0) is 5.33 Å². The predicted molar refractivity (Wildman–Crippen MR) is 61.6 cm³/mol. The Morgan fingerprint density at radius 1 is 1.14 bits per heavy atom. The molecule has 0 unspecified atom stereocenters. The van der Waals surface area contributed by atoms with Crippen LogP contribution in [0.1, 0.15) is 16.8 Å². The molecule has 0 atom stereocenters. The Hall–Kier alpha value is -0.960. The van der Waals surface area contributed by atoms with Crippen molar-refractivity contribution >= 4 is 26.8 Å². The second-order valence-corrected chi connectivity index (χ2v) is 3.97. The van der Waals surface area contributed by atoms with Gasteiger partial charge in [0.2, 0.25) is 0 Å². The molecule has 1 heterocycles. The summed E-state index contributed by atoms with van der Waals surface area (Å²) in [6.45, 7) is 4.21. The van der Waals surface area contributed by atoms with Crippen LogP contribution < -0.4 is 0 Å². The highest BCUT2D eigenvalue weighted by atomic mass is 79.9. The van der Waals surface area contributed by atoms with Gasteiger partial charge in [0, 0.05) is 10.7 Å². The first-order valence-corrected chi connectivity index (χ1v) is 5.61. The van der Waals surface area contributed by atoms with Crippen LogP contribution in [0.3, 0.4) is 0 Å². The van der Waals surface area contributed by atoms with Gasteiger partial charge in [-0.15, -0.1) is 0 Å². The Balaban J connectivity index is 2.81. The number of benzene rings is 1. The first-order chi connectivity index (χ1) is 6.72. The monoisotopic (exact) mass is 250 g/mol. The van der Waals surface area contributed by atoms with E-state index in [9.17, 15) is 0 Å². The fraction of sp³-hybridized carbons (Fsp3) is 0.273. The lowest BCUT2D eigenvalue weighted by molar-refractivity contribution is 1.14. The van der Waals surface area contributed by atoms with E-state index in [0.717, 1.165) is 21.9 Å². The predicted octanol–water partition coefficient (Wildman–Crippen LogP) is 3.14. The quantitative estimate of drug-likeness (QED) is 0.727. The molecule has 0 saturated heterocycles. The van der Waals surface area contributed by atoms with Crippen LogP contribution in [0.2, 0.25) is 0 Å². The highest BCUT2D eigenvalue weighted by molar-refractivity contribution is 9.08. The second kappa shape index (κ2) is 3.65. The molecular weight excluding hydrogens is 240 g/mol. The summed E-state index contributed by atoms with van der Waals surface area (Å²) < 4.78 is 0. The van der Waals surface area contributed by atoms with E-state index in [1.807, 2.05) is 0 Å². The van der Waals surface area contributed by atoms with Gasteiger partial charge in [0.1, 0.15) is 6.33 Å². The number of rotatable bonds is 1. The Labute approximate surface area is 91.5 Å². The summed E-state index contributed by atoms with van der Waals surface area (Å²) >= 11 is 3.43. The molecule has 2 rings (SSSR count). The zero-order valence-electron chi connectivity index (χ0n) is 8.21. The SMILES string of the molecule is Cc1cc2ncnc(CBr)c2cc1C. The number of nitrogens with zero attached hydrogens (tertiary/aromatic N) is 2. The van der Waals surface area contributed by atoms with Crippen LogP contribution in [0, 0.1) is 13.8 Å². The Morgan fingerprint density at radius 2 is 1.86 bits per heavy atom. The number of aryl methyl sites for hydroxylation is 2. The van der Waals surface area contributed by atoms with Crippen molar-refractivity contribution < 1.29 is 0 Å². The molecule has 0 aliphatic rings. The molecule has 0 saturated carbocycles. The molecule has 14 heavy (non-hydrogen) atoms. The first kappa shape index (κ1) is 9.59. The minimum atomic E-state index is 0.772. The smallest absolute Gasteiger partial charge is 0.116 e. The molecule has 0 bridgehead atoms. The maximum absolute atomic E-state index is 4.26. The summed E-state index contributed by atoms with van der Waals surface area (Å²) in [6, 6.07) is 4.26. The summed E-state index contributed by atoms with van der Waals surface area (Å²) in [4.78, 5) is 8.50. The van der Waals surface area contributed by atoms with Crippen molar-refractivity contribution in [3.8, 4) is 0 Å². The van der Waals surface area contributed by atoms with E-state index in [0.29, 0.717) is 0 Å². The summed E-state index contributed by atoms with van der Waals surface area (Å²) in [5, 5.41) is 1.92. The minimum Gasteiger partial charge on any atom is -0.240 e. The Bertz CT molecular complexity index is 480. The molecule has 1 aromatic carbocycles. The van der Waals surface area contributed by atoms with E-state index in [-0.39, 0.29) is 0 Å². The van der Waals surface area contributed by atoms with Gasteiger partial charge in [0.05, 0.1) is 11.2 Å². The van der Waals surface area contributed by atoms with Crippen molar-refractivity contribution in [3.63, 3.8) is 0 Å². The van der Waals surface area contributed by atoms with Gasteiger partial charge < -0.3 is 0 Å². The van der Waals surface area contributed by atoms with Gasteiger partial charge in [-0.1, -0.05) is 15.9 Å². The third-order valence-corrected chi connectivity index (χ3v) is 2.99. The number of hydrogen-bond acceptors (Lipinski definition) is 2. The Kier molecular flexibility index (Phi) is 2.50. The lowest BCUT2D eigenvalue weighted by Crippen LogP contribution is -1.92. The van der Waals surface area contributed by atoms with Gasteiger partial charge >= 0.3 is 0 Å². The van der Waals surface area contributed by atoms with E-state index >= 15 is 0 Å². The van der Waals surface area contributed by atoms with Gasteiger partial charge in [-0.25, -0.2) is 9.97 Å². The molecule has 2 nitrogen and oxygen atoms in total. The minimum absolute atomic E-state index is 0.772. The standard InChI is InChI=1S/C11H11BrN2/c1-7-3-9-10(4-8(7)2)13-6-14-11(9)5-12/h3-4,6H,5H2,1-2H3. The first-order valence-electron chi connectivity index (χ1n) is 4.49. The molecule has 2 aromatic rings. The average Bonchev–Trinajstić information content (AvgIpc) is 2.19. The molecule has 0 N–H and O–H groups in total. The average molecular weight is 251 g/mol. The van der Waals surface area contributed by atoms with Gasteiger partial charge in [0.15, 0.2) is 0 Å². The summed E-state index contributed by atoms with van der Waals surface area (Å²) in [5.74, 6) is 0. The molecule has 72 valence electrons. The molecule has 1 aromatic heterocycles. The van der Waals surface area contributed by atoms with E-state index < -0.39 is 0 Å². The largest absolute Gasteiger partial charge is 0.240 e.